The Morgan fingerprint density at radius 3 is 3.00 bits per heavy atom. The third kappa shape index (κ3) is 3.38. The number of para-hydroxylation sites is 2. The lowest BCUT2D eigenvalue weighted by Crippen LogP contribution is -2.38. The summed E-state index contributed by atoms with van der Waals surface area (Å²) < 4.78 is 5.50. The molecule has 104 valence electrons. The van der Waals surface area contributed by atoms with Crippen LogP contribution in [0, 0.1) is 0 Å². The highest BCUT2D eigenvalue weighted by Gasteiger charge is 2.27. The molecular formula is C14H20N2O3. The number of carbonyl (C=O) groups excluding carboxylic acids is 1. The van der Waals surface area contributed by atoms with Gasteiger partial charge >= 0.3 is 0 Å². The van der Waals surface area contributed by atoms with Crippen molar-refractivity contribution < 1.29 is 14.6 Å². The van der Waals surface area contributed by atoms with Crippen LogP contribution in [-0.2, 0) is 4.79 Å². The first-order valence-corrected chi connectivity index (χ1v) is 6.60. The first-order valence-electron chi connectivity index (χ1n) is 6.60. The van der Waals surface area contributed by atoms with Gasteiger partial charge in [-0.25, -0.2) is 0 Å². The molecule has 0 bridgehead atoms. The molecule has 1 unspecified atom stereocenters. The van der Waals surface area contributed by atoms with E-state index in [0.717, 1.165) is 19.4 Å². The Bertz CT molecular complexity index is 436. The number of likely N-dealkylation sites (tertiary alicyclic amines) is 1. The van der Waals surface area contributed by atoms with Gasteiger partial charge < -0.3 is 20.5 Å². The standard InChI is InChI=1S/C14H20N2O3/c15-12-5-1-2-6-13(12)19-9-7-14(18)16-8-3-4-11(16)10-17/h1-2,5-6,11,17H,3-4,7-10,15H2. The number of ether oxygens (including phenoxy) is 1. The lowest BCUT2D eigenvalue weighted by atomic mass is 10.2. The van der Waals surface area contributed by atoms with Crippen LogP contribution in [0.3, 0.4) is 0 Å². The van der Waals surface area contributed by atoms with Crippen LogP contribution in [0.2, 0.25) is 0 Å². The second-order valence-electron chi connectivity index (χ2n) is 4.70. The maximum atomic E-state index is 12.0. The van der Waals surface area contributed by atoms with Crippen molar-refractivity contribution in [3.63, 3.8) is 0 Å². The topological polar surface area (TPSA) is 75.8 Å². The van der Waals surface area contributed by atoms with Gasteiger partial charge in [-0.05, 0) is 25.0 Å². The zero-order valence-electron chi connectivity index (χ0n) is 10.9. The van der Waals surface area contributed by atoms with Gasteiger partial charge in [0.05, 0.1) is 31.4 Å². The van der Waals surface area contributed by atoms with E-state index in [-0.39, 0.29) is 18.6 Å². The second kappa shape index (κ2) is 6.43. The molecule has 0 aliphatic carbocycles. The molecular weight excluding hydrogens is 244 g/mol. The first-order chi connectivity index (χ1) is 9.22. The van der Waals surface area contributed by atoms with E-state index in [1.165, 1.54) is 0 Å². The first kappa shape index (κ1) is 13.7. The van der Waals surface area contributed by atoms with Gasteiger partial charge in [0, 0.05) is 6.54 Å². The molecule has 5 heteroatoms. The monoisotopic (exact) mass is 264 g/mol. The highest BCUT2D eigenvalue weighted by atomic mass is 16.5. The van der Waals surface area contributed by atoms with Crippen molar-refractivity contribution in [2.24, 2.45) is 0 Å². The van der Waals surface area contributed by atoms with Crippen LogP contribution < -0.4 is 10.5 Å². The van der Waals surface area contributed by atoms with Crippen molar-refractivity contribution in [3.05, 3.63) is 24.3 Å². The fraction of sp³-hybridized carbons (Fsp3) is 0.500. The van der Waals surface area contributed by atoms with Crippen LogP contribution >= 0.6 is 0 Å². The quantitative estimate of drug-likeness (QED) is 0.779. The van der Waals surface area contributed by atoms with Crippen LogP contribution in [0.1, 0.15) is 19.3 Å². The molecule has 3 N–H and O–H groups in total. The Morgan fingerprint density at radius 1 is 1.47 bits per heavy atom. The van der Waals surface area contributed by atoms with Gasteiger partial charge in [0.25, 0.3) is 0 Å². The molecule has 0 radical (unpaired) electrons. The van der Waals surface area contributed by atoms with E-state index < -0.39 is 0 Å². The number of nitrogens with two attached hydrogens (primary N) is 1. The zero-order chi connectivity index (χ0) is 13.7. The summed E-state index contributed by atoms with van der Waals surface area (Å²) in [6.07, 6.45) is 2.16. The SMILES string of the molecule is Nc1ccccc1OCCC(=O)N1CCCC1CO. The molecule has 19 heavy (non-hydrogen) atoms. The van der Waals surface area contributed by atoms with Crippen molar-refractivity contribution in [1.29, 1.82) is 0 Å². The van der Waals surface area contributed by atoms with Gasteiger partial charge in [-0.2, -0.15) is 0 Å². The number of benzene rings is 1. The van der Waals surface area contributed by atoms with Crippen molar-refractivity contribution in [1.82, 2.24) is 4.90 Å². The highest BCUT2D eigenvalue weighted by molar-refractivity contribution is 5.77. The third-order valence-corrected chi connectivity index (χ3v) is 3.40. The second-order valence-corrected chi connectivity index (χ2v) is 4.70. The van der Waals surface area contributed by atoms with Crippen molar-refractivity contribution in [2.75, 3.05) is 25.5 Å². The van der Waals surface area contributed by atoms with E-state index in [1.807, 2.05) is 12.1 Å². The molecule has 1 aliphatic rings. The zero-order valence-corrected chi connectivity index (χ0v) is 10.9. The Kier molecular flexibility index (Phi) is 4.63. The van der Waals surface area contributed by atoms with Gasteiger partial charge in [0.2, 0.25) is 5.91 Å². The number of rotatable bonds is 5. The lowest BCUT2D eigenvalue weighted by molar-refractivity contribution is -0.133. The highest BCUT2D eigenvalue weighted by Crippen LogP contribution is 2.21. The number of nitrogen functional groups attached to an aromatic ring is 1. The number of carbonyl (C=O) groups is 1. The Balaban J connectivity index is 1.80. The summed E-state index contributed by atoms with van der Waals surface area (Å²) in [7, 11) is 0. The molecule has 1 amide bonds. The summed E-state index contributed by atoms with van der Waals surface area (Å²) in [5.41, 5.74) is 6.32. The van der Waals surface area contributed by atoms with E-state index in [2.05, 4.69) is 0 Å². The summed E-state index contributed by atoms with van der Waals surface area (Å²) in [5.74, 6) is 0.640. The van der Waals surface area contributed by atoms with Crippen molar-refractivity contribution in [3.8, 4) is 5.75 Å². The summed E-state index contributed by atoms with van der Waals surface area (Å²) in [4.78, 5) is 13.7. The molecule has 2 rings (SSSR count). The maximum absolute atomic E-state index is 12.0. The molecule has 0 spiro atoms. The average Bonchev–Trinajstić information content (AvgIpc) is 2.89. The Labute approximate surface area is 113 Å². The number of amides is 1. The molecule has 0 saturated carbocycles. The summed E-state index contributed by atoms with van der Waals surface area (Å²) >= 11 is 0. The van der Waals surface area contributed by atoms with Gasteiger partial charge in [-0.15, -0.1) is 0 Å². The van der Waals surface area contributed by atoms with Gasteiger partial charge in [-0.1, -0.05) is 12.1 Å². The predicted molar refractivity (Wildman–Crippen MR) is 72.8 cm³/mol. The van der Waals surface area contributed by atoms with E-state index in [1.54, 1.807) is 17.0 Å². The van der Waals surface area contributed by atoms with Crippen molar-refractivity contribution in [2.45, 2.75) is 25.3 Å². The van der Waals surface area contributed by atoms with Crippen LogP contribution in [0.4, 0.5) is 5.69 Å². The van der Waals surface area contributed by atoms with E-state index in [4.69, 9.17) is 10.5 Å². The largest absolute Gasteiger partial charge is 0.491 e. The van der Waals surface area contributed by atoms with Crippen LogP contribution in [0.25, 0.3) is 0 Å². The average molecular weight is 264 g/mol. The summed E-state index contributed by atoms with van der Waals surface area (Å²) in [6.45, 7) is 1.08. The van der Waals surface area contributed by atoms with Crippen LogP contribution in [0.5, 0.6) is 5.75 Å². The van der Waals surface area contributed by atoms with Crippen LogP contribution in [-0.4, -0.2) is 41.7 Å². The fourth-order valence-electron chi connectivity index (χ4n) is 2.36. The van der Waals surface area contributed by atoms with E-state index in [0.29, 0.717) is 24.5 Å². The van der Waals surface area contributed by atoms with Gasteiger partial charge in [-0.3, -0.25) is 4.79 Å². The van der Waals surface area contributed by atoms with Gasteiger partial charge in [0.1, 0.15) is 5.75 Å². The molecule has 1 heterocycles. The molecule has 1 aliphatic heterocycles. The maximum Gasteiger partial charge on any atom is 0.226 e. The number of aliphatic hydroxyl groups is 1. The molecule has 1 aromatic rings. The lowest BCUT2D eigenvalue weighted by Gasteiger charge is -2.23. The fourth-order valence-corrected chi connectivity index (χ4v) is 2.36. The molecule has 1 aromatic carbocycles. The smallest absolute Gasteiger partial charge is 0.226 e. The molecule has 5 nitrogen and oxygen atoms in total. The number of hydrogen-bond donors (Lipinski definition) is 2. The van der Waals surface area contributed by atoms with E-state index in [9.17, 15) is 9.90 Å². The van der Waals surface area contributed by atoms with E-state index >= 15 is 0 Å². The summed E-state index contributed by atoms with van der Waals surface area (Å²) in [6, 6.07) is 7.21. The number of aliphatic hydroxyl groups excluding tert-OH is 1. The number of nitrogens with zero attached hydrogens (tertiary/aromatic N) is 1. The van der Waals surface area contributed by atoms with Crippen molar-refractivity contribution >= 4 is 11.6 Å². The third-order valence-electron chi connectivity index (χ3n) is 3.40. The normalized spacial score (nSPS) is 18.6. The Morgan fingerprint density at radius 2 is 2.26 bits per heavy atom. The minimum Gasteiger partial charge on any atom is -0.491 e. The predicted octanol–water partition coefficient (Wildman–Crippen LogP) is 1.02. The minimum atomic E-state index is -0.0192. The molecule has 1 atom stereocenters. The molecule has 1 saturated heterocycles. The molecule has 1 fully saturated rings. The van der Waals surface area contributed by atoms with Crippen LogP contribution in [0.15, 0.2) is 24.3 Å². The minimum absolute atomic E-state index is 0.0192. The number of anilines is 1. The summed E-state index contributed by atoms with van der Waals surface area (Å²) in [5, 5.41) is 9.18. The van der Waals surface area contributed by atoms with Gasteiger partial charge in [0.15, 0.2) is 0 Å². The number of hydrogen-bond acceptors (Lipinski definition) is 4. The Hall–Kier alpha value is -1.75. The molecule has 0 aromatic heterocycles.